The molecule has 0 unspecified atom stereocenters. The van der Waals surface area contributed by atoms with Crippen LogP contribution in [0.25, 0.3) is 0 Å². The number of benzene rings is 2. The number of ether oxygens (including phenoxy) is 2. The lowest BCUT2D eigenvalue weighted by Gasteiger charge is -2.34. The Labute approximate surface area is 171 Å². The summed E-state index contributed by atoms with van der Waals surface area (Å²) in [6, 6.07) is 14.4. The predicted octanol–water partition coefficient (Wildman–Crippen LogP) is 3.45. The van der Waals surface area contributed by atoms with Crippen LogP contribution >= 0.6 is 11.8 Å². The Balaban J connectivity index is 1.46. The fourth-order valence-electron chi connectivity index (χ4n) is 3.26. The van der Waals surface area contributed by atoms with Gasteiger partial charge in [0.25, 0.3) is 0 Å². The molecule has 5 nitrogen and oxygen atoms in total. The zero-order valence-corrected chi connectivity index (χ0v) is 17.6. The highest BCUT2D eigenvalue weighted by molar-refractivity contribution is 8.00. The molecule has 0 spiro atoms. The van der Waals surface area contributed by atoms with Crippen molar-refractivity contribution in [3.63, 3.8) is 0 Å². The van der Waals surface area contributed by atoms with Gasteiger partial charge in [0.2, 0.25) is 5.91 Å². The smallest absolute Gasteiger partial charge is 0.233 e. The van der Waals surface area contributed by atoms with E-state index in [1.54, 1.807) is 26.0 Å². The minimum Gasteiger partial charge on any atom is -0.493 e. The number of rotatable bonds is 7. The van der Waals surface area contributed by atoms with E-state index in [0.29, 0.717) is 5.75 Å². The van der Waals surface area contributed by atoms with Crippen LogP contribution in [0.5, 0.6) is 11.5 Å². The van der Waals surface area contributed by atoms with Crippen molar-refractivity contribution in [1.29, 1.82) is 0 Å². The Hall–Kier alpha value is -2.18. The van der Waals surface area contributed by atoms with Gasteiger partial charge in [0.15, 0.2) is 11.5 Å². The van der Waals surface area contributed by atoms with Gasteiger partial charge in [-0.15, -0.1) is 11.8 Å². The van der Waals surface area contributed by atoms with Gasteiger partial charge < -0.3 is 14.4 Å². The second-order valence-electron chi connectivity index (χ2n) is 6.95. The van der Waals surface area contributed by atoms with Crippen molar-refractivity contribution in [3.8, 4) is 11.5 Å². The Kier molecular flexibility index (Phi) is 7.23. The number of piperazine rings is 1. The van der Waals surface area contributed by atoms with E-state index in [4.69, 9.17) is 9.47 Å². The maximum atomic E-state index is 12.5. The lowest BCUT2D eigenvalue weighted by Crippen LogP contribution is -2.48. The summed E-state index contributed by atoms with van der Waals surface area (Å²) in [5.74, 6) is 2.21. The lowest BCUT2D eigenvalue weighted by molar-refractivity contribution is -0.130. The lowest BCUT2D eigenvalue weighted by atomic mass is 10.1. The van der Waals surface area contributed by atoms with Crippen molar-refractivity contribution in [1.82, 2.24) is 9.80 Å². The molecular weight excluding hydrogens is 372 g/mol. The number of hydrogen-bond donors (Lipinski definition) is 0. The summed E-state index contributed by atoms with van der Waals surface area (Å²) in [4.78, 5) is 18.0. The first-order valence-electron chi connectivity index (χ1n) is 9.49. The number of carbonyl (C=O) groups excluding carboxylic acids is 1. The number of hydrogen-bond acceptors (Lipinski definition) is 5. The van der Waals surface area contributed by atoms with E-state index in [1.165, 1.54) is 11.1 Å². The molecule has 1 aliphatic heterocycles. The van der Waals surface area contributed by atoms with Crippen molar-refractivity contribution in [3.05, 3.63) is 53.6 Å². The quantitative estimate of drug-likeness (QED) is 0.666. The largest absolute Gasteiger partial charge is 0.493 e. The topological polar surface area (TPSA) is 42.0 Å². The van der Waals surface area contributed by atoms with Crippen LogP contribution in [-0.2, 0) is 11.3 Å². The van der Waals surface area contributed by atoms with E-state index in [9.17, 15) is 4.79 Å². The van der Waals surface area contributed by atoms with Crippen LogP contribution in [0, 0.1) is 6.92 Å². The molecule has 0 saturated carbocycles. The van der Waals surface area contributed by atoms with Crippen molar-refractivity contribution >= 4 is 17.7 Å². The van der Waals surface area contributed by atoms with E-state index < -0.39 is 0 Å². The monoisotopic (exact) mass is 400 g/mol. The molecule has 0 aliphatic carbocycles. The number of carbonyl (C=O) groups is 1. The van der Waals surface area contributed by atoms with Gasteiger partial charge in [-0.2, -0.15) is 0 Å². The molecule has 1 saturated heterocycles. The molecule has 0 bridgehead atoms. The number of aryl methyl sites for hydroxylation is 1. The SMILES string of the molecule is COc1ccc(CN2CCN(C(=O)CSc3ccc(C)cc3)CC2)cc1OC. The maximum absolute atomic E-state index is 12.5. The predicted molar refractivity (Wildman–Crippen MR) is 113 cm³/mol. The van der Waals surface area contributed by atoms with E-state index in [1.807, 2.05) is 17.0 Å². The highest BCUT2D eigenvalue weighted by Crippen LogP contribution is 2.28. The normalized spacial score (nSPS) is 14.8. The first kappa shape index (κ1) is 20.6. The molecule has 0 atom stereocenters. The third kappa shape index (κ3) is 5.42. The molecular formula is C22H28N2O3S. The maximum Gasteiger partial charge on any atom is 0.233 e. The van der Waals surface area contributed by atoms with Crippen LogP contribution in [0.1, 0.15) is 11.1 Å². The Bertz CT molecular complexity index is 787. The average Bonchev–Trinajstić information content (AvgIpc) is 2.73. The zero-order valence-electron chi connectivity index (χ0n) is 16.8. The highest BCUT2D eigenvalue weighted by Gasteiger charge is 2.21. The summed E-state index contributed by atoms with van der Waals surface area (Å²) in [7, 11) is 3.30. The van der Waals surface area contributed by atoms with Crippen molar-refractivity contribution in [2.45, 2.75) is 18.4 Å². The fraction of sp³-hybridized carbons (Fsp3) is 0.409. The second-order valence-corrected chi connectivity index (χ2v) is 8.00. The third-order valence-electron chi connectivity index (χ3n) is 4.96. The van der Waals surface area contributed by atoms with Crippen LogP contribution < -0.4 is 9.47 Å². The molecule has 2 aromatic rings. The fourth-order valence-corrected chi connectivity index (χ4v) is 4.06. The molecule has 3 rings (SSSR count). The average molecular weight is 401 g/mol. The van der Waals surface area contributed by atoms with Crippen molar-refractivity contribution < 1.29 is 14.3 Å². The van der Waals surface area contributed by atoms with E-state index in [-0.39, 0.29) is 5.91 Å². The van der Waals surface area contributed by atoms with Crippen LogP contribution in [-0.4, -0.2) is 61.9 Å². The Morgan fingerprint density at radius 3 is 2.29 bits per heavy atom. The van der Waals surface area contributed by atoms with Gasteiger partial charge in [-0.25, -0.2) is 0 Å². The summed E-state index contributed by atoms with van der Waals surface area (Å²) in [5, 5.41) is 0. The molecule has 0 N–H and O–H groups in total. The molecule has 1 heterocycles. The van der Waals surface area contributed by atoms with Crippen LogP contribution in [0.4, 0.5) is 0 Å². The standard InChI is InChI=1S/C22H28N2O3S/c1-17-4-7-19(8-5-17)28-16-22(25)24-12-10-23(11-13-24)15-18-6-9-20(26-2)21(14-18)27-3/h4-9,14H,10-13,15-16H2,1-3H3. The number of amides is 1. The minimum atomic E-state index is 0.219. The molecule has 2 aromatic carbocycles. The van der Waals surface area contributed by atoms with Gasteiger partial charge >= 0.3 is 0 Å². The Morgan fingerprint density at radius 2 is 1.64 bits per heavy atom. The molecule has 0 aromatic heterocycles. The van der Waals surface area contributed by atoms with Crippen LogP contribution in [0.2, 0.25) is 0 Å². The number of thioether (sulfide) groups is 1. The van der Waals surface area contributed by atoms with Crippen LogP contribution in [0.3, 0.4) is 0 Å². The number of methoxy groups -OCH3 is 2. The molecule has 28 heavy (non-hydrogen) atoms. The van der Waals surface area contributed by atoms with Crippen molar-refractivity contribution in [2.75, 3.05) is 46.2 Å². The second kappa shape index (κ2) is 9.85. The Morgan fingerprint density at radius 1 is 0.964 bits per heavy atom. The molecule has 150 valence electrons. The van der Waals surface area contributed by atoms with E-state index >= 15 is 0 Å². The summed E-state index contributed by atoms with van der Waals surface area (Å²) < 4.78 is 10.7. The summed E-state index contributed by atoms with van der Waals surface area (Å²) >= 11 is 1.61. The van der Waals surface area contributed by atoms with Crippen molar-refractivity contribution in [2.24, 2.45) is 0 Å². The molecule has 1 amide bonds. The first-order chi connectivity index (χ1) is 13.6. The molecule has 0 radical (unpaired) electrons. The first-order valence-corrected chi connectivity index (χ1v) is 10.5. The third-order valence-corrected chi connectivity index (χ3v) is 5.96. The van der Waals surface area contributed by atoms with Crippen LogP contribution in [0.15, 0.2) is 47.4 Å². The van der Waals surface area contributed by atoms with Gasteiger partial charge in [0.1, 0.15) is 0 Å². The van der Waals surface area contributed by atoms with Gasteiger partial charge in [0.05, 0.1) is 20.0 Å². The number of nitrogens with zero attached hydrogens (tertiary/aromatic N) is 2. The molecule has 1 fully saturated rings. The minimum absolute atomic E-state index is 0.219. The van der Waals surface area contributed by atoms with Gasteiger partial charge in [0, 0.05) is 37.6 Å². The highest BCUT2D eigenvalue weighted by atomic mass is 32.2. The van der Waals surface area contributed by atoms with Gasteiger partial charge in [-0.3, -0.25) is 9.69 Å². The van der Waals surface area contributed by atoms with E-state index in [0.717, 1.165) is 49.1 Å². The summed E-state index contributed by atoms with van der Waals surface area (Å²) in [5.41, 5.74) is 2.42. The summed E-state index contributed by atoms with van der Waals surface area (Å²) in [6.07, 6.45) is 0. The zero-order chi connectivity index (χ0) is 19.9. The van der Waals surface area contributed by atoms with Gasteiger partial charge in [-0.05, 0) is 36.8 Å². The molecule has 6 heteroatoms. The summed E-state index contributed by atoms with van der Waals surface area (Å²) in [6.45, 7) is 6.24. The van der Waals surface area contributed by atoms with E-state index in [2.05, 4.69) is 42.2 Å². The molecule has 1 aliphatic rings. The van der Waals surface area contributed by atoms with Gasteiger partial charge in [-0.1, -0.05) is 23.8 Å².